The van der Waals surface area contributed by atoms with Gasteiger partial charge in [-0.05, 0) is 63.0 Å². The van der Waals surface area contributed by atoms with Crippen LogP contribution in [-0.4, -0.2) is 8.76 Å². The van der Waals surface area contributed by atoms with Crippen LogP contribution in [0.15, 0.2) is 41.7 Å². The molecule has 0 spiro atoms. The van der Waals surface area contributed by atoms with Gasteiger partial charge in [0.25, 0.3) is 0 Å². The summed E-state index contributed by atoms with van der Waals surface area (Å²) < 4.78 is 44.1. The molecule has 0 heterocycles. The predicted molar refractivity (Wildman–Crippen MR) is 101 cm³/mol. The molecule has 1 N–H and O–H groups in total. The van der Waals surface area contributed by atoms with Crippen LogP contribution in [0.2, 0.25) is 0 Å². The van der Waals surface area contributed by atoms with Crippen molar-refractivity contribution < 1.29 is 17.9 Å². The van der Waals surface area contributed by atoms with Crippen molar-refractivity contribution in [2.75, 3.05) is 4.72 Å². The van der Waals surface area contributed by atoms with E-state index in [-0.39, 0.29) is 5.69 Å². The van der Waals surface area contributed by atoms with Crippen molar-refractivity contribution in [1.82, 2.24) is 0 Å². The Hall–Kier alpha value is -1.92. The number of halogens is 1. The molecule has 25 heavy (non-hydrogen) atoms. The molecule has 0 saturated carbocycles. The highest BCUT2D eigenvalue weighted by molar-refractivity contribution is 7.80. The Balaban J connectivity index is 3.33. The molecule has 1 unspecified atom stereocenters. The van der Waals surface area contributed by atoms with Crippen molar-refractivity contribution in [1.29, 1.82) is 0 Å². The molecular weight excluding hydrogens is 341 g/mol. The molecule has 1 aromatic carbocycles. The zero-order valence-corrected chi connectivity index (χ0v) is 16.1. The van der Waals surface area contributed by atoms with Gasteiger partial charge in [-0.3, -0.25) is 4.21 Å². The highest BCUT2D eigenvalue weighted by Gasteiger charge is 2.16. The Morgan fingerprint density at radius 2 is 2.04 bits per heavy atom. The number of hydrogen-bond donors (Lipinski definition) is 1. The van der Waals surface area contributed by atoms with Crippen LogP contribution in [0, 0.1) is 5.82 Å². The highest BCUT2D eigenvalue weighted by atomic mass is 32.2. The summed E-state index contributed by atoms with van der Waals surface area (Å²) in [5.41, 5.74) is 2.15. The lowest BCUT2D eigenvalue weighted by atomic mass is 10.0. The van der Waals surface area contributed by atoms with Crippen molar-refractivity contribution in [2.45, 2.75) is 47.5 Å². The maximum absolute atomic E-state index is 14.1. The summed E-state index contributed by atoms with van der Waals surface area (Å²) in [5, 5.41) is 0. The third-order valence-corrected chi connectivity index (χ3v) is 4.12. The molecule has 138 valence electrons. The van der Waals surface area contributed by atoms with Gasteiger partial charge >= 0.3 is 0 Å². The van der Waals surface area contributed by atoms with E-state index in [2.05, 4.69) is 11.6 Å². The Morgan fingerprint density at radius 1 is 1.36 bits per heavy atom. The molecule has 1 atom stereocenters. The van der Waals surface area contributed by atoms with Crippen LogP contribution in [-0.2, 0) is 22.4 Å². The minimum atomic E-state index is -2.60. The lowest BCUT2D eigenvalue weighted by Gasteiger charge is -2.19. The van der Waals surface area contributed by atoms with Crippen molar-refractivity contribution in [3.8, 4) is 0 Å². The monoisotopic (exact) mass is 366 g/mol. The normalized spacial score (nSPS) is 14.4. The van der Waals surface area contributed by atoms with Crippen LogP contribution in [0.5, 0.6) is 0 Å². The van der Waals surface area contributed by atoms with Crippen molar-refractivity contribution in [2.24, 2.45) is 0 Å². The number of anilines is 1. The molecule has 0 aliphatic heterocycles. The first-order valence-electron chi connectivity index (χ1n) is 8.21. The molecule has 0 radical (unpaired) electrons. The smallest absolute Gasteiger partial charge is 0.147 e. The minimum absolute atomic E-state index is 0.0412. The quantitative estimate of drug-likeness (QED) is 0.389. The van der Waals surface area contributed by atoms with Gasteiger partial charge in [0, 0.05) is 16.8 Å². The van der Waals surface area contributed by atoms with Gasteiger partial charge in [0.15, 0.2) is 0 Å². The largest absolute Gasteiger partial charge is 0.755 e. The molecule has 0 saturated heterocycles. The highest BCUT2D eigenvalue weighted by Crippen LogP contribution is 2.31. The molecule has 4 nitrogen and oxygen atoms in total. The summed E-state index contributed by atoms with van der Waals surface area (Å²) in [4.78, 5) is 0. The summed E-state index contributed by atoms with van der Waals surface area (Å²) in [6, 6.07) is 2.84. The molecular formula is C19H25FNO3S-. The van der Waals surface area contributed by atoms with Gasteiger partial charge in [-0.2, -0.15) is 0 Å². The lowest BCUT2D eigenvalue weighted by molar-refractivity contribution is 0.379. The van der Waals surface area contributed by atoms with E-state index in [1.165, 1.54) is 6.07 Å². The summed E-state index contributed by atoms with van der Waals surface area (Å²) in [6.07, 6.45) is 7.19. The summed E-state index contributed by atoms with van der Waals surface area (Å²) in [7, 11) is 0. The SMILES string of the molecule is CC=C(OC(C)=C(C)C=CCC)c1ccc(F)c(NS(=O)[O-])c1CC. The van der Waals surface area contributed by atoms with E-state index >= 15 is 0 Å². The second-order valence-corrected chi connectivity index (χ2v) is 6.12. The maximum Gasteiger partial charge on any atom is 0.147 e. The van der Waals surface area contributed by atoms with Gasteiger partial charge in [0.2, 0.25) is 0 Å². The summed E-state index contributed by atoms with van der Waals surface area (Å²) in [6.45, 7) is 9.52. The second-order valence-electron chi connectivity index (χ2n) is 5.44. The van der Waals surface area contributed by atoms with E-state index in [0.29, 0.717) is 23.3 Å². The molecule has 0 bridgehead atoms. The van der Waals surface area contributed by atoms with Crippen LogP contribution in [0.4, 0.5) is 10.1 Å². The number of nitrogens with one attached hydrogen (secondary N) is 1. The van der Waals surface area contributed by atoms with E-state index in [4.69, 9.17) is 4.74 Å². The van der Waals surface area contributed by atoms with Crippen LogP contribution >= 0.6 is 0 Å². The number of rotatable bonds is 8. The van der Waals surface area contributed by atoms with E-state index < -0.39 is 17.1 Å². The maximum atomic E-state index is 14.1. The van der Waals surface area contributed by atoms with Gasteiger partial charge in [-0.25, -0.2) is 4.39 Å². The third kappa shape index (κ3) is 5.83. The average molecular weight is 366 g/mol. The van der Waals surface area contributed by atoms with Gasteiger partial charge < -0.3 is 14.0 Å². The molecule has 0 aliphatic carbocycles. The van der Waals surface area contributed by atoms with Crippen molar-refractivity contribution in [3.05, 3.63) is 58.6 Å². The van der Waals surface area contributed by atoms with Crippen molar-refractivity contribution in [3.63, 3.8) is 0 Å². The van der Waals surface area contributed by atoms with E-state index in [1.54, 1.807) is 12.1 Å². The lowest BCUT2D eigenvalue weighted by Crippen LogP contribution is -2.09. The van der Waals surface area contributed by atoms with Crippen molar-refractivity contribution >= 4 is 22.7 Å². The van der Waals surface area contributed by atoms with E-state index in [0.717, 1.165) is 17.8 Å². The first kappa shape index (κ1) is 21.1. The fourth-order valence-electron chi connectivity index (χ4n) is 2.34. The Labute approximate surface area is 151 Å². The zero-order chi connectivity index (χ0) is 19.0. The average Bonchev–Trinajstić information content (AvgIpc) is 2.58. The number of ether oxygens (including phenoxy) is 1. The Morgan fingerprint density at radius 3 is 2.56 bits per heavy atom. The molecule has 0 aromatic heterocycles. The second kappa shape index (κ2) is 10.2. The van der Waals surface area contributed by atoms with E-state index in [9.17, 15) is 13.2 Å². The van der Waals surface area contributed by atoms with Gasteiger partial charge in [-0.15, -0.1) is 0 Å². The van der Waals surface area contributed by atoms with Crippen LogP contribution < -0.4 is 4.72 Å². The van der Waals surface area contributed by atoms with Crippen LogP contribution in [0.25, 0.3) is 5.76 Å². The fraction of sp³-hybridized carbons (Fsp3) is 0.368. The van der Waals surface area contributed by atoms with Gasteiger partial charge in [0.05, 0.1) is 5.69 Å². The minimum Gasteiger partial charge on any atom is -0.755 e. The molecule has 0 amide bonds. The van der Waals surface area contributed by atoms with Crippen LogP contribution in [0.1, 0.15) is 52.2 Å². The molecule has 6 heteroatoms. The molecule has 1 aromatic rings. The van der Waals surface area contributed by atoms with Crippen LogP contribution in [0.3, 0.4) is 0 Å². The third-order valence-electron chi connectivity index (χ3n) is 3.75. The zero-order valence-electron chi connectivity index (χ0n) is 15.3. The fourth-order valence-corrected chi connectivity index (χ4v) is 2.73. The van der Waals surface area contributed by atoms with Gasteiger partial charge in [-0.1, -0.05) is 26.0 Å². The first-order valence-corrected chi connectivity index (χ1v) is 9.28. The topological polar surface area (TPSA) is 61.4 Å². The Kier molecular flexibility index (Phi) is 8.58. The predicted octanol–water partition coefficient (Wildman–Crippen LogP) is 5.23. The number of benzene rings is 1. The standard InChI is InChI=1S/C19H26FNO3S/c1-6-9-10-13(4)14(5)24-18(8-3)16-11-12-17(20)19(15(16)7-2)21-25(22)23/h8-12,21H,6-7H2,1-5H3,(H,22,23)/p-1. The summed E-state index contributed by atoms with van der Waals surface area (Å²) >= 11 is -2.60. The molecule has 0 fully saturated rings. The number of allylic oxidation sites excluding steroid dienone is 5. The van der Waals surface area contributed by atoms with Gasteiger partial charge in [0.1, 0.15) is 17.3 Å². The summed E-state index contributed by atoms with van der Waals surface area (Å²) in [5.74, 6) is 0.666. The Bertz CT molecular complexity index is 724. The van der Waals surface area contributed by atoms with E-state index in [1.807, 2.05) is 39.8 Å². The molecule has 0 aliphatic rings. The first-order chi connectivity index (χ1) is 11.8. The molecule has 1 rings (SSSR count). The number of hydrogen-bond acceptors (Lipinski definition) is 3.